The number of H-pyrrole nitrogens is 1. The van der Waals surface area contributed by atoms with Crippen LogP contribution in [0.1, 0.15) is 11.1 Å². The number of nitrogens with one attached hydrogen (secondary N) is 1. The fraction of sp³-hybridized carbons (Fsp3) is 0.176. The molecule has 1 heterocycles. The zero-order valence-corrected chi connectivity index (χ0v) is 12.3. The highest BCUT2D eigenvalue weighted by molar-refractivity contribution is 5.92. The van der Waals surface area contributed by atoms with E-state index in [1.807, 2.05) is 31.2 Å². The predicted octanol–water partition coefficient (Wildman–Crippen LogP) is 3.75. The van der Waals surface area contributed by atoms with E-state index in [1.165, 1.54) is 0 Å². The number of aromatic nitrogens is 1. The van der Waals surface area contributed by atoms with Gasteiger partial charge >= 0.3 is 0 Å². The van der Waals surface area contributed by atoms with Crippen molar-refractivity contribution in [3.05, 3.63) is 41.5 Å². The summed E-state index contributed by atoms with van der Waals surface area (Å²) < 4.78 is 5.28. The first-order chi connectivity index (χ1) is 10.0. The van der Waals surface area contributed by atoms with Crippen LogP contribution in [0, 0.1) is 13.8 Å². The molecule has 3 aromatic rings. The first-order valence-electron chi connectivity index (χ1n) is 6.77. The molecule has 0 aliphatic carbocycles. The summed E-state index contributed by atoms with van der Waals surface area (Å²) >= 11 is 0. The molecule has 0 fully saturated rings. The Hall–Kier alpha value is -2.62. The van der Waals surface area contributed by atoms with E-state index in [2.05, 4.69) is 11.9 Å². The summed E-state index contributed by atoms with van der Waals surface area (Å²) in [6, 6.07) is 9.67. The summed E-state index contributed by atoms with van der Waals surface area (Å²) in [5, 5.41) is 10.9. The van der Waals surface area contributed by atoms with Gasteiger partial charge in [0.1, 0.15) is 11.5 Å². The summed E-state index contributed by atoms with van der Waals surface area (Å²) in [6.45, 7) is 3.90. The average molecular weight is 282 g/mol. The van der Waals surface area contributed by atoms with Gasteiger partial charge in [-0.05, 0) is 55.3 Å². The van der Waals surface area contributed by atoms with Gasteiger partial charge < -0.3 is 20.6 Å². The van der Waals surface area contributed by atoms with Crippen molar-refractivity contribution >= 4 is 16.6 Å². The van der Waals surface area contributed by atoms with Gasteiger partial charge in [0.05, 0.1) is 12.8 Å². The van der Waals surface area contributed by atoms with Crippen molar-refractivity contribution in [2.45, 2.75) is 13.8 Å². The average Bonchev–Trinajstić information content (AvgIpc) is 2.81. The molecule has 21 heavy (non-hydrogen) atoms. The summed E-state index contributed by atoms with van der Waals surface area (Å²) in [7, 11) is 1.66. The molecule has 0 unspecified atom stereocenters. The van der Waals surface area contributed by atoms with Gasteiger partial charge in [0.2, 0.25) is 0 Å². The minimum atomic E-state index is 0.147. The number of ether oxygens (including phenoxy) is 1. The number of aromatic amines is 1. The molecule has 0 spiro atoms. The summed E-state index contributed by atoms with van der Waals surface area (Å²) in [6.07, 6.45) is 0. The maximum atomic E-state index is 9.80. The highest BCUT2D eigenvalue weighted by Gasteiger charge is 2.13. The van der Waals surface area contributed by atoms with Crippen LogP contribution in [0.4, 0.5) is 5.69 Å². The van der Waals surface area contributed by atoms with Crippen LogP contribution in [-0.4, -0.2) is 17.2 Å². The highest BCUT2D eigenvalue weighted by atomic mass is 16.5. The molecule has 0 aliphatic rings. The number of nitrogens with two attached hydrogens (primary N) is 1. The smallest absolute Gasteiger partial charge is 0.141 e. The minimum Gasteiger partial charge on any atom is -0.506 e. The number of benzene rings is 2. The number of nitrogen functional groups attached to an aromatic ring is 1. The maximum Gasteiger partial charge on any atom is 0.141 e. The van der Waals surface area contributed by atoms with Crippen LogP contribution >= 0.6 is 0 Å². The third-order valence-electron chi connectivity index (χ3n) is 3.88. The fourth-order valence-corrected chi connectivity index (χ4v) is 2.67. The first kappa shape index (κ1) is 13.4. The first-order valence-corrected chi connectivity index (χ1v) is 6.77. The van der Waals surface area contributed by atoms with E-state index in [0.717, 1.165) is 39.0 Å². The van der Waals surface area contributed by atoms with Gasteiger partial charge in [-0.1, -0.05) is 0 Å². The second-order valence-electron chi connectivity index (χ2n) is 5.27. The van der Waals surface area contributed by atoms with Crippen molar-refractivity contribution in [1.82, 2.24) is 4.98 Å². The summed E-state index contributed by atoms with van der Waals surface area (Å²) in [5.41, 5.74) is 11.2. The molecule has 0 radical (unpaired) electrons. The van der Waals surface area contributed by atoms with E-state index in [4.69, 9.17) is 10.5 Å². The topological polar surface area (TPSA) is 71.3 Å². The third-order valence-corrected chi connectivity index (χ3v) is 3.88. The van der Waals surface area contributed by atoms with Crippen LogP contribution in [-0.2, 0) is 0 Å². The lowest BCUT2D eigenvalue weighted by atomic mass is 10.0. The normalized spacial score (nSPS) is 11.0. The van der Waals surface area contributed by atoms with Gasteiger partial charge in [-0.25, -0.2) is 0 Å². The third kappa shape index (κ3) is 2.09. The maximum absolute atomic E-state index is 9.80. The summed E-state index contributed by atoms with van der Waals surface area (Å²) in [5.74, 6) is 0.978. The Morgan fingerprint density at radius 3 is 2.57 bits per heavy atom. The van der Waals surface area contributed by atoms with E-state index in [9.17, 15) is 5.11 Å². The molecule has 0 saturated heterocycles. The van der Waals surface area contributed by atoms with Crippen LogP contribution in [0.3, 0.4) is 0 Å². The Balaban J connectivity index is 2.23. The van der Waals surface area contributed by atoms with Gasteiger partial charge in [-0.3, -0.25) is 0 Å². The number of hydrogen-bond donors (Lipinski definition) is 3. The van der Waals surface area contributed by atoms with Gasteiger partial charge in [0.15, 0.2) is 0 Å². The molecule has 4 N–H and O–H groups in total. The monoisotopic (exact) mass is 282 g/mol. The molecule has 0 amide bonds. The molecule has 108 valence electrons. The number of hydrogen-bond acceptors (Lipinski definition) is 3. The molecule has 0 bridgehead atoms. The Bertz CT molecular complexity index is 811. The molecular formula is C17H18N2O2. The van der Waals surface area contributed by atoms with E-state index >= 15 is 0 Å². The Kier molecular flexibility index (Phi) is 3.01. The van der Waals surface area contributed by atoms with Gasteiger partial charge in [-0.15, -0.1) is 0 Å². The van der Waals surface area contributed by atoms with E-state index in [1.54, 1.807) is 13.2 Å². The highest BCUT2D eigenvalue weighted by Crippen LogP contribution is 2.35. The van der Waals surface area contributed by atoms with Crippen molar-refractivity contribution in [2.24, 2.45) is 0 Å². The molecule has 0 saturated carbocycles. The molecular weight excluding hydrogens is 264 g/mol. The molecule has 0 atom stereocenters. The molecule has 2 aromatic carbocycles. The van der Waals surface area contributed by atoms with E-state index < -0.39 is 0 Å². The lowest BCUT2D eigenvalue weighted by molar-refractivity contribution is 0.415. The van der Waals surface area contributed by atoms with Crippen LogP contribution in [0.25, 0.3) is 22.2 Å². The number of fused-ring (bicyclic) bond motifs is 1. The van der Waals surface area contributed by atoms with Crippen molar-refractivity contribution in [3.8, 4) is 22.8 Å². The SMILES string of the molecule is COc1ccc2[nH]c(-c3cc(C)c(O)c(N)c3)c(C)c2c1. The van der Waals surface area contributed by atoms with Gasteiger partial charge in [-0.2, -0.15) is 0 Å². The molecule has 0 aliphatic heterocycles. The van der Waals surface area contributed by atoms with Gasteiger partial charge in [0.25, 0.3) is 0 Å². The second kappa shape index (κ2) is 4.74. The number of methoxy groups -OCH3 is 1. The zero-order valence-electron chi connectivity index (χ0n) is 12.3. The standard InChI is InChI=1S/C17H18N2O2/c1-9-6-11(7-14(18)17(9)20)16-10(2)13-8-12(21-3)4-5-15(13)19-16/h4-8,19-20H,18H2,1-3H3. The lowest BCUT2D eigenvalue weighted by Gasteiger charge is -2.07. The quantitative estimate of drug-likeness (QED) is 0.495. The van der Waals surface area contributed by atoms with Crippen LogP contribution in [0.2, 0.25) is 0 Å². The van der Waals surface area contributed by atoms with Crippen LogP contribution in [0.5, 0.6) is 11.5 Å². The Morgan fingerprint density at radius 1 is 1.14 bits per heavy atom. The fourth-order valence-electron chi connectivity index (χ4n) is 2.67. The zero-order chi connectivity index (χ0) is 15.1. The number of phenolic OH excluding ortho intramolecular Hbond substituents is 1. The largest absolute Gasteiger partial charge is 0.506 e. The van der Waals surface area contributed by atoms with Crippen molar-refractivity contribution < 1.29 is 9.84 Å². The van der Waals surface area contributed by atoms with Crippen molar-refractivity contribution in [2.75, 3.05) is 12.8 Å². The number of phenols is 1. The minimum absolute atomic E-state index is 0.147. The number of anilines is 1. The van der Waals surface area contributed by atoms with Crippen LogP contribution in [0.15, 0.2) is 30.3 Å². The van der Waals surface area contributed by atoms with E-state index in [0.29, 0.717) is 5.69 Å². The van der Waals surface area contributed by atoms with E-state index in [-0.39, 0.29) is 5.75 Å². The number of rotatable bonds is 2. The molecule has 4 heteroatoms. The number of aryl methyl sites for hydroxylation is 2. The van der Waals surface area contributed by atoms with Crippen molar-refractivity contribution in [1.29, 1.82) is 0 Å². The Morgan fingerprint density at radius 2 is 1.90 bits per heavy atom. The summed E-state index contributed by atoms with van der Waals surface area (Å²) in [4.78, 5) is 3.41. The second-order valence-corrected chi connectivity index (χ2v) is 5.27. The lowest BCUT2D eigenvalue weighted by Crippen LogP contribution is -1.91. The van der Waals surface area contributed by atoms with Crippen LogP contribution < -0.4 is 10.5 Å². The Labute approximate surface area is 123 Å². The molecule has 1 aromatic heterocycles. The molecule has 4 nitrogen and oxygen atoms in total. The molecule has 3 rings (SSSR count). The van der Waals surface area contributed by atoms with Crippen molar-refractivity contribution in [3.63, 3.8) is 0 Å². The van der Waals surface area contributed by atoms with Gasteiger partial charge in [0, 0.05) is 22.2 Å². The predicted molar refractivity (Wildman–Crippen MR) is 85.8 cm³/mol. The number of aromatic hydroxyl groups is 1.